The third-order valence-electron chi connectivity index (χ3n) is 5.24. The van der Waals surface area contributed by atoms with Gasteiger partial charge in [-0.2, -0.15) is 0 Å². The zero-order chi connectivity index (χ0) is 19.1. The van der Waals surface area contributed by atoms with Crippen LogP contribution in [0.15, 0.2) is 18.2 Å². The minimum Gasteiger partial charge on any atom is -0.496 e. The number of nitrogens with one attached hydrogen (secondary N) is 1. The van der Waals surface area contributed by atoms with E-state index >= 15 is 0 Å². The van der Waals surface area contributed by atoms with E-state index in [9.17, 15) is 14.0 Å². The van der Waals surface area contributed by atoms with Crippen LogP contribution in [0.3, 0.4) is 0 Å². The number of methoxy groups -OCH3 is 1. The second-order valence-corrected chi connectivity index (χ2v) is 8.39. The van der Waals surface area contributed by atoms with Crippen LogP contribution < -0.4 is 10.1 Å². The highest BCUT2D eigenvalue weighted by molar-refractivity contribution is 5.97. The number of rotatable bonds is 4. The minimum atomic E-state index is -0.481. The number of carbonyl (C=O) groups is 2. The molecule has 2 fully saturated rings. The highest BCUT2D eigenvalue weighted by Gasteiger charge is 2.45. The Balaban J connectivity index is 1.76. The Bertz CT molecular complexity index is 709. The maximum Gasteiger partial charge on any atom is 0.255 e. The molecule has 1 aromatic carbocycles. The molecule has 0 unspecified atom stereocenters. The van der Waals surface area contributed by atoms with E-state index in [0.717, 1.165) is 12.8 Å². The van der Waals surface area contributed by atoms with Crippen LogP contribution in [0.2, 0.25) is 0 Å². The van der Waals surface area contributed by atoms with Crippen molar-refractivity contribution in [2.75, 3.05) is 20.2 Å². The predicted molar refractivity (Wildman–Crippen MR) is 96.5 cm³/mol. The zero-order valence-electron chi connectivity index (χ0n) is 15.8. The lowest BCUT2D eigenvalue weighted by molar-refractivity contribution is -0.138. The molecule has 0 radical (unpaired) electrons. The third kappa shape index (κ3) is 3.84. The van der Waals surface area contributed by atoms with Gasteiger partial charge >= 0.3 is 0 Å². The first-order valence-corrected chi connectivity index (χ1v) is 9.14. The molecule has 0 aromatic heterocycles. The standard InChI is InChI=1S/C20H27FN2O3/c1-20(2,3)19(25)23-10-15(12-5-6-12)16(11-23)22-18(24)14-9-13(21)7-8-17(14)26-4/h7-9,12,15-16H,5-6,10-11H2,1-4H3,(H,22,24)/t15-,16+/m1/s1. The van der Waals surface area contributed by atoms with Crippen LogP contribution in [-0.2, 0) is 4.79 Å². The Morgan fingerprint density at radius 1 is 1.23 bits per heavy atom. The van der Waals surface area contributed by atoms with Gasteiger partial charge in [-0.05, 0) is 37.0 Å². The number of nitrogens with zero attached hydrogens (tertiary/aromatic N) is 1. The van der Waals surface area contributed by atoms with Crippen LogP contribution >= 0.6 is 0 Å². The number of carbonyl (C=O) groups excluding carboxylic acids is 2. The summed E-state index contributed by atoms with van der Waals surface area (Å²) in [6.45, 7) is 6.90. The first kappa shape index (κ1) is 18.7. The SMILES string of the molecule is COc1ccc(F)cc1C(=O)N[C@H]1CN(C(=O)C(C)(C)C)C[C@@H]1C1CC1. The van der Waals surface area contributed by atoms with Gasteiger partial charge in [0, 0.05) is 24.4 Å². The molecule has 5 nitrogen and oxygen atoms in total. The molecule has 1 saturated heterocycles. The van der Waals surface area contributed by atoms with Crippen molar-refractivity contribution in [1.82, 2.24) is 10.2 Å². The van der Waals surface area contributed by atoms with E-state index in [1.54, 1.807) is 0 Å². The number of ether oxygens (including phenoxy) is 1. The van der Waals surface area contributed by atoms with E-state index in [-0.39, 0.29) is 29.3 Å². The summed E-state index contributed by atoms with van der Waals surface area (Å²) in [4.78, 5) is 27.2. The summed E-state index contributed by atoms with van der Waals surface area (Å²) < 4.78 is 18.8. The van der Waals surface area contributed by atoms with Crippen LogP contribution in [-0.4, -0.2) is 43.0 Å². The summed E-state index contributed by atoms with van der Waals surface area (Å²) in [5.41, 5.74) is -0.263. The van der Waals surface area contributed by atoms with Crippen molar-refractivity contribution in [3.8, 4) is 5.75 Å². The van der Waals surface area contributed by atoms with Gasteiger partial charge in [0.15, 0.2) is 0 Å². The van der Waals surface area contributed by atoms with Gasteiger partial charge < -0.3 is 15.0 Å². The lowest BCUT2D eigenvalue weighted by Crippen LogP contribution is -2.43. The molecule has 1 saturated carbocycles. The van der Waals surface area contributed by atoms with Crippen molar-refractivity contribution < 1.29 is 18.7 Å². The van der Waals surface area contributed by atoms with Gasteiger partial charge in [-0.3, -0.25) is 9.59 Å². The number of halogens is 1. The van der Waals surface area contributed by atoms with E-state index in [4.69, 9.17) is 4.74 Å². The van der Waals surface area contributed by atoms with Gasteiger partial charge in [0.05, 0.1) is 18.7 Å². The zero-order valence-corrected chi connectivity index (χ0v) is 15.8. The van der Waals surface area contributed by atoms with Gasteiger partial charge in [-0.15, -0.1) is 0 Å². The molecule has 2 atom stereocenters. The van der Waals surface area contributed by atoms with Crippen LogP contribution in [0.1, 0.15) is 44.0 Å². The van der Waals surface area contributed by atoms with E-state index in [1.165, 1.54) is 25.3 Å². The molecule has 1 aliphatic carbocycles. The molecule has 2 amide bonds. The number of benzene rings is 1. The highest BCUT2D eigenvalue weighted by Crippen LogP contribution is 2.42. The molecular formula is C20H27FN2O3. The summed E-state index contributed by atoms with van der Waals surface area (Å²) in [5.74, 6) is 0.403. The van der Waals surface area contributed by atoms with Crippen LogP contribution in [0, 0.1) is 23.1 Å². The summed E-state index contributed by atoms with van der Waals surface area (Å²) >= 11 is 0. The largest absolute Gasteiger partial charge is 0.496 e. The smallest absolute Gasteiger partial charge is 0.255 e. The molecule has 3 rings (SSSR count). The van der Waals surface area contributed by atoms with Crippen LogP contribution in [0.25, 0.3) is 0 Å². The molecule has 6 heteroatoms. The summed E-state index contributed by atoms with van der Waals surface area (Å²) in [5, 5.41) is 3.03. The number of likely N-dealkylation sites (tertiary alicyclic amines) is 1. The van der Waals surface area contributed by atoms with Crippen molar-refractivity contribution in [2.24, 2.45) is 17.3 Å². The topological polar surface area (TPSA) is 58.6 Å². The number of hydrogen-bond acceptors (Lipinski definition) is 3. The minimum absolute atomic E-state index is 0.100. The summed E-state index contributed by atoms with van der Waals surface area (Å²) in [6, 6.07) is 3.79. The van der Waals surface area contributed by atoms with Crippen molar-refractivity contribution in [1.29, 1.82) is 0 Å². The molecular weight excluding hydrogens is 335 g/mol. The van der Waals surface area contributed by atoms with Gasteiger partial charge in [-0.1, -0.05) is 20.8 Å². The molecule has 1 aliphatic heterocycles. The predicted octanol–water partition coefficient (Wildman–Crippen LogP) is 2.85. The fourth-order valence-electron chi connectivity index (χ4n) is 3.73. The van der Waals surface area contributed by atoms with Gasteiger partial charge in [-0.25, -0.2) is 4.39 Å². The molecule has 142 valence electrons. The molecule has 0 bridgehead atoms. The van der Waals surface area contributed by atoms with Crippen LogP contribution in [0.4, 0.5) is 4.39 Å². The Kier molecular flexibility index (Phi) is 4.95. The fraction of sp³-hybridized carbons (Fsp3) is 0.600. The lowest BCUT2D eigenvalue weighted by atomic mass is 9.95. The van der Waals surface area contributed by atoms with Gasteiger partial charge in [0.25, 0.3) is 5.91 Å². The van der Waals surface area contributed by atoms with Crippen molar-refractivity contribution in [3.05, 3.63) is 29.6 Å². The molecule has 1 N–H and O–H groups in total. The Hall–Kier alpha value is -2.11. The summed E-state index contributed by atoms with van der Waals surface area (Å²) in [6.07, 6.45) is 2.27. The quantitative estimate of drug-likeness (QED) is 0.896. The first-order valence-electron chi connectivity index (χ1n) is 9.14. The van der Waals surface area contributed by atoms with E-state index in [0.29, 0.717) is 24.8 Å². The van der Waals surface area contributed by atoms with Gasteiger partial charge in [0.2, 0.25) is 5.91 Å². The highest BCUT2D eigenvalue weighted by atomic mass is 19.1. The molecule has 1 heterocycles. The average Bonchev–Trinajstić information content (AvgIpc) is 3.34. The number of hydrogen-bond donors (Lipinski definition) is 1. The normalized spacial score (nSPS) is 23.0. The Morgan fingerprint density at radius 2 is 1.92 bits per heavy atom. The fourth-order valence-corrected chi connectivity index (χ4v) is 3.73. The maximum atomic E-state index is 13.6. The molecule has 2 aliphatic rings. The van der Waals surface area contributed by atoms with Crippen LogP contribution in [0.5, 0.6) is 5.75 Å². The number of amides is 2. The van der Waals surface area contributed by atoms with Crippen molar-refractivity contribution in [2.45, 2.75) is 39.7 Å². The third-order valence-corrected chi connectivity index (χ3v) is 5.24. The van der Waals surface area contributed by atoms with Crippen molar-refractivity contribution in [3.63, 3.8) is 0 Å². The monoisotopic (exact) mass is 362 g/mol. The van der Waals surface area contributed by atoms with E-state index in [1.807, 2.05) is 25.7 Å². The lowest BCUT2D eigenvalue weighted by Gasteiger charge is -2.25. The van der Waals surface area contributed by atoms with E-state index in [2.05, 4.69) is 5.32 Å². The molecule has 26 heavy (non-hydrogen) atoms. The second kappa shape index (κ2) is 6.89. The second-order valence-electron chi connectivity index (χ2n) is 8.39. The average molecular weight is 362 g/mol. The summed E-state index contributed by atoms with van der Waals surface area (Å²) in [7, 11) is 1.45. The maximum absolute atomic E-state index is 13.6. The first-order chi connectivity index (χ1) is 12.2. The molecule has 1 aromatic rings. The van der Waals surface area contributed by atoms with E-state index < -0.39 is 11.2 Å². The van der Waals surface area contributed by atoms with Crippen molar-refractivity contribution >= 4 is 11.8 Å². The van der Waals surface area contributed by atoms with Gasteiger partial charge in [0.1, 0.15) is 11.6 Å². The molecule has 0 spiro atoms. The Labute approximate surface area is 153 Å². The Morgan fingerprint density at radius 3 is 2.50 bits per heavy atom.